The maximum absolute atomic E-state index is 13.5. The van der Waals surface area contributed by atoms with Crippen molar-refractivity contribution in [3.8, 4) is 0 Å². The van der Waals surface area contributed by atoms with Crippen LogP contribution in [0.4, 0.5) is 4.39 Å². The summed E-state index contributed by atoms with van der Waals surface area (Å²) in [5, 5.41) is 0. The van der Waals surface area contributed by atoms with Crippen LogP contribution < -0.4 is 0 Å². The van der Waals surface area contributed by atoms with E-state index in [1.807, 2.05) is 20.8 Å². The molecule has 1 fully saturated rings. The van der Waals surface area contributed by atoms with E-state index in [-0.39, 0.29) is 11.6 Å². The molecule has 104 valence electrons. The minimum Gasteiger partial charge on any atom is -0.292 e. The summed E-state index contributed by atoms with van der Waals surface area (Å²) in [6.07, 6.45) is 3.51. The number of nitrogens with zero attached hydrogens (tertiary/aromatic N) is 1. The lowest BCUT2D eigenvalue weighted by atomic mass is 9.89. The number of carbonyl (C=O) groups is 1. The highest BCUT2D eigenvalue weighted by atomic mass is 19.1. The van der Waals surface area contributed by atoms with Crippen molar-refractivity contribution in [2.75, 3.05) is 13.1 Å². The van der Waals surface area contributed by atoms with Crippen molar-refractivity contribution >= 4 is 5.78 Å². The monoisotopic (exact) mass is 263 g/mol. The zero-order valence-electron chi connectivity index (χ0n) is 12.0. The van der Waals surface area contributed by atoms with E-state index in [0.29, 0.717) is 5.56 Å². The van der Waals surface area contributed by atoms with Gasteiger partial charge in [-0.05, 0) is 70.5 Å². The summed E-state index contributed by atoms with van der Waals surface area (Å²) in [4.78, 5) is 14.9. The predicted molar refractivity (Wildman–Crippen MR) is 75.0 cm³/mol. The molecule has 0 radical (unpaired) electrons. The molecule has 19 heavy (non-hydrogen) atoms. The molecule has 0 atom stereocenters. The van der Waals surface area contributed by atoms with Crippen LogP contribution in [0.15, 0.2) is 18.2 Å². The van der Waals surface area contributed by atoms with Crippen molar-refractivity contribution in [2.24, 2.45) is 0 Å². The number of aryl methyl sites for hydroxylation is 1. The van der Waals surface area contributed by atoms with Gasteiger partial charge in [0.15, 0.2) is 5.78 Å². The van der Waals surface area contributed by atoms with E-state index in [1.165, 1.54) is 18.6 Å². The Morgan fingerprint density at radius 1 is 1.16 bits per heavy atom. The van der Waals surface area contributed by atoms with Crippen molar-refractivity contribution in [3.05, 3.63) is 35.1 Å². The third kappa shape index (κ3) is 3.03. The van der Waals surface area contributed by atoms with E-state index in [2.05, 4.69) is 4.90 Å². The van der Waals surface area contributed by atoms with Gasteiger partial charge in [-0.25, -0.2) is 4.39 Å². The first kappa shape index (κ1) is 14.2. The van der Waals surface area contributed by atoms with Crippen molar-refractivity contribution in [1.29, 1.82) is 0 Å². The number of ketones is 1. The van der Waals surface area contributed by atoms with Gasteiger partial charge in [0.1, 0.15) is 5.82 Å². The maximum atomic E-state index is 13.5. The van der Waals surface area contributed by atoms with Crippen LogP contribution in [0.1, 0.15) is 49.0 Å². The number of hydrogen-bond acceptors (Lipinski definition) is 2. The molecule has 2 nitrogen and oxygen atoms in total. The lowest BCUT2D eigenvalue weighted by molar-refractivity contribution is 0.0579. The van der Waals surface area contributed by atoms with Gasteiger partial charge in [-0.3, -0.25) is 9.69 Å². The molecule has 1 saturated heterocycles. The number of Topliss-reactive ketones (excluding diaryl/α,β-unsaturated/α-hetero) is 1. The second kappa shape index (κ2) is 5.41. The molecule has 0 unspecified atom stereocenters. The molecule has 3 heteroatoms. The Labute approximate surface area is 114 Å². The summed E-state index contributed by atoms with van der Waals surface area (Å²) in [5.74, 6) is -0.324. The fourth-order valence-electron chi connectivity index (χ4n) is 2.82. The second-order valence-electron chi connectivity index (χ2n) is 5.95. The molecule has 0 saturated carbocycles. The van der Waals surface area contributed by atoms with Crippen LogP contribution in [0.5, 0.6) is 0 Å². The molecule has 1 heterocycles. The average molecular weight is 263 g/mol. The summed E-state index contributed by atoms with van der Waals surface area (Å²) in [6.45, 7) is 7.61. The quantitative estimate of drug-likeness (QED) is 0.777. The second-order valence-corrected chi connectivity index (χ2v) is 5.95. The largest absolute Gasteiger partial charge is 0.292 e. The van der Waals surface area contributed by atoms with E-state index in [4.69, 9.17) is 0 Å². The highest BCUT2D eigenvalue weighted by Crippen LogP contribution is 2.25. The molecule has 0 aromatic heterocycles. The van der Waals surface area contributed by atoms with Crippen LogP contribution in [0.2, 0.25) is 0 Å². The normalized spacial score (nSPS) is 17.5. The number of halogens is 1. The third-order valence-electron chi connectivity index (χ3n) is 4.01. The molecule has 1 aromatic rings. The van der Waals surface area contributed by atoms with Gasteiger partial charge in [0.25, 0.3) is 0 Å². The lowest BCUT2D eigenvalue weighted by Crippen LogP contribution is -2.52. The first-order valence-corrected chi connectivity index (χ1v) is 6.98. The highest BCUT2D eigenvalue weighted by Gasteiger charge is 2.35. The van der Waals surface area contributed by atoms with Crippen LogP contribution in [-0.4, -0.2) is 29.3 Å². The number of likely N-dealkylation sites (tertiary alicyclic amines) is 1. The van der Waals surface area contributed by atoms with Crippen LogP contribution in [0.25, 0.3) is 0 Å². The first-order chi connectivity index (χ1) is 8.91. The number of benzene rings is 1. The molecule has 0 amide bonds. The van der Waals surface area contributed by atoms with Gasteiger partial charge in [-0.1, -0.05) is 6.42 Å². The zero-order chi connectivity index (χ0) is 14.0. The molecule has 0 N–H and O–H groups in total. The van der Waals surface area contributed by atoms with Gasteiger partial charge in [-0.15, -0.1) is 0 Å². The van der Waals surface area contributed by atoms with Crippen LogP contribution in [0.3, 0.4) is 0 Å². The maximum Gasteiger partial charge on any atom is 0.182 e. The first-order valence-electron chi connectivity index (χ1n) is 6.98. The number of carbonyl (C=O) groups excluding carboxylic acids is 1. The zero-order valence-corrected chi connectivity index (χ0v) is 12.0. The molecular formula is C16H22FNO. The lowest BCUT2D eigenvalue weighted by Gasteiger charge is -2.39. The molecular weight excluding hydrogens is 241 g/mol. The summed E-state index contributed by atoms with van der Waals surface area (Å²) < 4.78 is 13.5. The molecule has 1 aliphatic rings. The van der Waals surface area contributed by atoms with E-state index in [1.54, 1.807) is 6.07 Å². The van der Waals surface area contributed by atoms with Crippen LogP contribution >= 0.6 is 0 Å². The van der Waals surface area contributed by atoms with Crippen molar-refractivity contribution < 1.29 is 9.18 Å². The molecule has 0 aliphatic carbocycles. The Bertz CT molecular complexity index is 455. The minimum absolute atomic E-state index is 0.0111. The molecule has 1 aromatic carbocycles. The number of hydrogen-bond donors (Lipinski definition) is 0. The predicted octanol–water partition coefficient (Wildman–Crippen LogP) is 3.58. The van der Waals surface area contributed by atoms with Crippen LogP contribution in [0, 0.1) is 12.7 Å². The van der Waals surface area contributed by atoms with Crippen molar-refractivity contribution in [3.63, 3.8) is 0 Å². The molecule has 0 bridgehead atoms. The van der Waals surface area contributed by atoms with Gasteiger partial charge in [0, 0.05) is 5.56 Å². The summed E-state index contributed by atoms with van der Waals surface area (Å²) in [6, 6.07) is 4.57. The van der Waals surface area contributed by atoms with Crippen LogP contribution in [-0.2, 0) is 0 Å². The van der Waals surface area contributed by atoms with E-state index in [9.17, 15) is 9.18 Å². The average Bonchev–Trinajstić information content (AvgIpc) is 2.37. The fourth-order valence-corrected chi connectivity index (χ4v) is 2.82. The topological polar surface area (TPSA) is 20.3 Å². The molecule has 1 aliphatic heterocycles. The SMILES string of the molecule is Cc1cc(F)cc(C(=O)C(C)(C)N2CCCCC2)c1. The van der Waals surface area contributed by atoms with Gasteiger partial charge in [-0.2, -0.15) is 0 Å². The number of piperidine rings is 1. The van der Waals surface area contributed by atoms with E-state index < -0.39 is 5.54 Å². The minimum atomic E-state index is -0.555. The Kier molecular flexibility index (Phi) is 4.04. The van der Waals surface area contributed by atoms with E-state index >= 15 is 0 Å². The van der Waals surface area contributed by atoms with Gasteiger partial charge >= 0.3 is 0 Å². The summed E-state index contributed by atoms with van der Waals surface area (Å²) in [5.41, 5.74) is 0.714. The Balaban J connectivity index is 2.25. The van der Waals surface area contributed by atoms with Crippen molar-refractivity contribution in [1.82, 2.24) is 4.90 Å². The van der Waals surface area contributed by atoms with E-state index in [0.717, 1.165) is 31.5 Å². The Morgan fingerprint density at radius 2 is 1.79 bits per heavy atom. The van der Waals surface area contributed by atoms with Gasteiger partial charge < -0.3 is 0 Å². The summed E-state index contributed by atoms with van der Waals surface area (Å²) in [7, 11) is 0. The summed E-state index contributed by atoms with van der Waals surface area (Å²) >= 11 is 0. The van der Waals surface area contributed by atoms with Crippen molar-refractivity contribution in [2.45, 2.75) is 45.6 Å². The smallest absolute Gasteiger partial charge is 0.182 e. The van der Waals surface area contributed by atoms with Gasteiger partial charge in [0.05, 0.1) is 5.54 Å². The standard InChI is InChI=1S/C16H22FNO/c1-12-9-13(11-14(17)10-12)15(19)16(2,3)18-7-5-4-6-8-18/h9-11H,4-8H2,1-3H3. The number of rotatable bonds is 3. The fraction of sp³-hybridized carbons (Fsp3) is 0.562. The third-order valence-corrected chi connectivity index (χ3v) is 4.01. The highest BCUT2D eigenvalue weighted by molar-refractivity contribution is 6.02. The van der Waals surface area contributed by atoms with Gasteiger partial charge in [0.2, 0.25) is 0 Å². The Morgan fingerprint density at radius 3 is 2.37 bits per heavy atom. The molecule has 2 rings (SSSR count). The Hall–Kier alpha value is -1.22. The molecule has 0 spiro atoms.